The smallest absolute Gasteiger partial charge is 0.0713 e. The zero-order valence-electron chi connectivity index (χ0n) is 40.0. The van der Waals surface area contributed by atoms with Crippen molar-refractivity contribution in [2.45, 2.75) is 57.8 Å². The number of hydrogen-bond acceptors (Lipinski definition) is 1. The Morgan fingerprint density at radius 1 is 0.324 bits per heavy atom. The van der Waals surface area contributed by atoms with Crippen LogP contribution >= 0.6 is 0 Å². The predicted molar refractivity (Wildman–Crippen MR) is 290 cm³/mol. The molecular formula is C67H57N. The summed E-state index contributed by atoms with van der Waals surface area (Å²) in [6.45, 7) is 13.9. The fourth-order valence-electron chi connectivity index (χ4n) is 10.8. The van der Waals surface area contributed by atoms with Crippen LogP contribution in [0.25, 0.3) is 55.3 Å². The Morgan fingerprint density at radius 2 is 0.765 bits per heavy atom. The molecule has 1 aliphatic rings. The minimum absolute atomic E-state index is 0.00654. The van der Waals surface area contributed by atoms with Gasteiger partial charge in [-0.1, -0.05) is 248 Å². The molecule has 0 spiro atoms. The Morgan fingerprint density at radius 3 is 1.34 bits per heavy atom. The number of benzene rings is 10. The van der Waals surface area contributed by atoms with Gasteiger partial charge in [0.05, 0.1) is 11.1 Å². The van der Waals surface area contributed by atoms with Crippen molar-refractivity contribution in [2.24, 2.45) is 0 Å². The zero-order chi connectivity index (χ0) is 46.6. The summed E-state index contributed by atoms with van der Waals surface area (Å²) in [4.78, 5) is 2.46. The zero-order valence-corrected chi connectivity index (χ0v) is 40.0. The standard InChI is InChI=1S/C67H57N/c1-65(2,3)52-43-49(44-53(45-52)66(4,5)6)56-30-19-23-48-24-20-31-60(64(48)56)59-29-15-18-34-63(59)68(54-39-35-47(36-40-54)46-21-9-7-10-22-46)55-41-37-51(38-42-55)67(50-25-11-8-12-26-50)61-32-16-13-27-57(61)58-28-14-17-33-62(58)67/h7-45H,1-6H3. The van der Waals surface area contributed by atoms with Crippen LogP contribution in [-0.4, -0.2) is 0 Å². The molecule has 0 N–H and O–H groups in total. The van der Waals surface area contributed by atoms with Crippen molar-refractivity contribution in [1.29, 1.82) is 0 Å². The second kappa shape index (κ2) is 16.8. The van der Waals surface area contributed by atoms with Crippen LogP contribution in [0.1, 0.15) is 74.9 Å². The van der Waals surface area contributed by atoms with Crippen molar-refractivity contribution < 1.29 is 0 Å². The lowest BCUT2D eigenvalue weighted by atomic mass is 9.68. The van der Waals surface area contributed by atoms with E-state index >= 15 is 0 Å². The first-order chi connectivity index (χ1) is 33.0. The summed E-state index contributed by atoms with van der Waals surface area (Å²) in [6, 6.07) is 88.1. The lowest BCUT2D eigenvalue weighted by molar-refractivity contribution is 0.569. The van der Waals surface area contributed by atoms with Crippen molar-refractivity contribution >= 4 is 27.8 Å². The highest BCUT2D eigenvalue weighted by Gasteiger charge is 2.45. The van der Waals surface area contributed by atoms with Gasteiger partial charge in [-0.05, 0) is 124 Å². The summed E-state index contributed by atoms with van der Waals surface area (Å²) in [7, 11) is 0. The first-order valence-corrected chi connectivity index (χ1v) is 24.1. The molecule has 0 aromatic heterocycles. The van der Waals surface area contributed by atoms with Gasteiger partial charge in [0.1, 0.15) is 0 Å². The number of rotatable bonds is 8. The van der Waals surface area contributed by atoms with Crippen molar-refractivity contribution in [2.75, 3.05) is 4.90 Å². The van der Waals surface area contributed by atoms with E-state index in [2.05, 4.69) is 283 Å². The van der Waals surface area contributed by atoms with E-state index in [0.29, 0.717) is 0 Å². The Hall–Kier alpha value is -7.74. The topological polar surface area (TPSA) is 3.24 Å². The van der Waals surface area contributed by atoms with Crippen LogP contribution in [0.3, 0.4) is 0 Å². The normalized spacial score (nSPS) is 13.0. The van der Waals surface area contributed by atoms with Crippen LogP contribution in [0.4, 0.5) is 17.1 Å². The van der Waals surface area contributed by atoms with E-state index in [1.165, 1.54) is 88.7 Å². The highest BCUT2D eigenvalue weighted by molar-refractivity contribution is 6.09. The predicted octanol–water partition coefficient (Wildman–Crippen LogP) is 18.3. The molecule has 68 heavy (non-hydrogen) atoms. The minimum atomic E-state index is -0.483. The molecule has 0 amide bonds. The van der Waals surface area contributed by atoms with Gasteiger partial charge in [0, 0.05) is 16.9 Å². The summed E-state index contributed by atoms with van der Waals surface area (Å²) in [6.07, 6.45) is 0. The van der Waals surface area contributed by atoms with E-state index < -0.39 is 5.41 Å². The highest BCUT2D eigenvalue weighted by Crippen LogP contribution is 2.56. The van der Waals surface area contributed by atoms with Gasteiger partial charge >= 0.3 is 0 Å². The third-order valence-electron chi connectivity index (χ3n) is 14.3. The summed E-state index contributed by atoms with van der Waals surface area (Å²) in [5.74, 6) is 0. The Balaban J connectivity index is 1.12. The number of anilines is 3. The van der Waals surface area contributed by atoms with Crippen LogP contribution in [0.5, 0.6) is 0 Å². The van der Waals surface area contributed by atoms with Crippen LogP contribution in [-0.2, 0) is 16.2 Å². The quantitative estimate of drug-likeness (QED) is 0.147. The molecule has 10 aromatic rings. The maximum Gasteiger partial charge on any atom is 0.0713 e. The van der Waals surface area contributed by atoms with Gasteiger partial charge < -0.3 is 4.90 Å². The van der Waals surface area contributed by atoms with Gasteiger partial charge in [-0.25, -0.2) is 0 Å². The monoisotopic (exact) mass is 875 g/mol. The van der Waals surface area contributed by atoms with E-state index in [1.54, 1.807) is 0 Å². The van der Waals surface area contributed by atoms with E-state index in [4.69, 9.17) is 0 Å². The van der Waals surface area contributed by atoms with Crippen molar-refractivity contribution in [3.05, 3.63) is 270 Å². The first kappa shape index (κ1) is 42.9. The van der Waals surface area contributed by atoms with E-state index in [0.717, 1.165) is 17.1 Å². The molecule has 0 fully saturated rings. The molecule has 330 valence electrons. The number of para-hydroxylation sites is 1. The van der Waals surface area contributed by atoms with E-state index in [-0.39, 0.29) is 10.8 Å². The lowest BCUT2D eigenvalue weighted by Crippen LogP contribution is -2.28. The Labute approximate surface area is 403 Å². The molecule has 11 rings (SSSR count). The molecule has 0 heterocycles. The third-order valence-corrected chi connectivity index (χ3v) is 14.3. The maximum atomic E-state index is 2.46. The number of nitrogens with zero attached hydrogens (tertiary/aromatic N) is 1. The first-order valence-electron chi connectivity index (χ1n) is 24.1. The van der Waals surface area contributed by atoms with Crippen molar-refractivity contribution in [1.82, 2.24) is 0 Å². The molecule has 0 bridgehead atoms. The fourth-order valence-corrected chi connectivity index (χ4v) is 10.8. The van der Waals surface area contributed by atoms with Gasteiger partial charge in [0.25, 0.3) is 0 Å². The van der Waals surface area contributed by atoms with E-state index in [1.807, 2.05) is 0 Å². The molecule has 0 saturated carbocycles. The van der Waals surface area contributed by atoms with Gasteiger partial charge in [-0.3, -0.25) is 0 Å². The van der Waals surface area contributed by atoms with Crippen LogP contribution < -0.4 is 4.90 Å². The number of fused-ring (bicyclic) bond motifs is 4. The molecule has 1 heteroatoms. The lowest BCUT2D eigenvalue weighted by Gasteiger charge is -2.34. The van der Waals surface area contributed by atoms with Gasteiger partial charge in [-0.15, -0.1) is 0 Å². The molecule has 1 aliphatic carbocycles. The fraction of sp³-hybridized carbons (Fsp3) is 0.134. The second-order valence-electron chi connectivity index (χ2n) is 20.5. The summed E-state index contributed by atoms with van der Waals surface area (Å²) in [5.41, 5.74) is 20.5. The molecule has 0 atom stereocenters. The SMILES string of the molecule is CC(C)(C)c1cc(-c2cccc3cccc(-c4ccccc4N(c4ccc(-c5ccccc5)cc4)c4ccc(C5(c6ccccc6)c6ccccc6-c6ccccc65)cc4)c23)cc(C(C)(C)C)c1. The highest BCUT2D eigenvalue weighted by atomic mass is 15.1. The van der Waals surface area contributed by atoms with Gasteiger partial charge in [0.15, 0.2) is 0 Å². The molecule has 0 unspecified atom stereocenters. The van der Waals surface area contributed by atoms with Crippen LogP contribution in [0.2, 0.25) is 0 Å². The molecule has 0 saturated heterocycles. The summed E-state index contributed by atoms with van der Waals surface area (Å²) >= 11 is 0. The van der Waals surface area contributed by atoms with E-state index in [9.17, 15) is 0 Å². The van der Waals surface area contributed by atoms with Gasteiger partial charge in [0.2, 0.25) is 0 Å². The van der Waals surface area contributed by atoms with Gasteiger partial charge in [-0.2, -0.15) is 0 Å². The molecule has 1 nitrogen and oxygen atoms in total. The maximum absolute atomic E-state index is 2.46. The van der Waals surface area contributed by atoms with Crippen molar-refractivity contribution in [3.8, 4) is 44.5 Å². The second-order valence-corrected chi connectivity index (χ2v) is 20.5. The molecule has 10 aromatic carbocycles. The Bertz CT molecular complexity index is 3360. The summed E-state index contributed by atoms with van der Waals surface area (Å²) in [5, 5.41) is 2.48. The minimum Gasteiger partial charge on any atom is -0.310 e. The molecular weight excluding hydrogens is 819 g/mol. The number of hydrogen-bond donors (Lipinski definition) is 0. The summed E-state index contributed by atoms with van der Waals surface area (Å²) < 4.78 is 0. The van der Waals surface area contributed by atoms with Crippen LogP contribution in [0.15, 0.2) is 237 Å². The van der Waals surface area contributed by atoms with Crippen LogP contribution in [0, 0.1) is 0 Å². The molecule has 0 aliphatic heterocycles. The van der Waals surface area contributed by atoms with Crippen molar-refractivity contribution in [3.63, 3.8) is 0 Å². The average molecular weight is 876 g/mol. The largest absolute Gasteiger partial charge is 0.310 e. The molecule has 0 radical (unpaired) electrons. The third kappa shape index (κ3) is 7.35. The average Bonchev–Trinajstić information content (AvgIpc) is 3.67. The Kier molecular flexibility index (Phi) is 10.6.